The first-order valence-corrected chi connectivity index (χ1v) is 15.9. The normalized spacial score (nSPS) is 13.7. The summed E-state index contributed by atoms with van der Waals surface area (Å²) in [6.07, 6.45) is 0. The summed E-state index contributed by atoms with van der Waals surface area (Å²) < 4.78 is 0. The summed E-state index contributed by atoms with van der Waals surface area (Å²) in [6, 6.07) is 54.5. The zero-order chi connectivity index (χ0) is 29.9. The van der Waals surface area contributed by atoms with E-state index in [1.807, 2.05) is 0 Å². The zero-order valence-electron chi connectivity index (χ0n) is 25.4. The number of hydrogen-bond donors (Lipinski definition) is 0. The molecule has 0 unspecified atom stereocenters. The molecule has 0 heteroatoms. The SMILES string of the molecule is CC1(C)c2cc(-c3cccc(-c4ccc5ccc6cccc7ccc4c5c67)c3)ccc2-c2c1c1ccccc1c1ccccc21. The molecule has 45 heavy (non-hydrogen) atoms. The predicted molar refractivity (Wildman–Crippen MR) is 194 cm³/mol. The van der Waals surface area contributed by atoms with E-state index >= 15 is 0 Å². The van der Waals surface area contributed by atoms with Crippen molar-refractivity contribution in [2.24, 2.45) is 0 Å². The molecule has 0 saturated heterocycles. The second-order valence-electron chi connectivity index (χ2n) is 13.3. The molecule has 0 fully saturated rings. The molecule has 0 nitrogen and oxygen atoms in total. The highest BCUT2D eigenvalue weighted by Gasteiger charge is 2.38. The van der Waals surface area contributed by atoms with Gasteiger partial charge in [0.05, 0.1) is 0 Å². The van der Waals surface area contributed by atoms with Crippen molar-refractivity contribution in [1.82, 2.24) is 0 Å². The summed E-state index contributed by atoms with van der Waals surface area (Å²) in [5.41, 5.74) is 10.6. The van der Waals surface area contributed by atoms with Crippen molar-refractivity contribution in [2.45, 2.75) is 19.3 Å². The standard InChI is InChI=1S/C45H30/c1-45(2)40-26-31(21-24-39(40)43-36-15-5-3-13-34(36)35-14-4-6-16-38(35)44(43)45)30-11-8-12-32(25-30)33-22-19-29-18-17-27-9-7-10-28-20-23-37(33)42(29)41(27)28/h3-26H,1-2H3. The molecule has 0 atom stereocenters. The van der Waals surface area contributed by atoms with E-state index in [0.29, 0.717) is 0 Å². The fourth-order valence-corrected chi connectivity index (χ4v) is 8.52. The van der Waals surface area contributed by atoms with Gasteiger partial charge in [0.15, 0.2) is 0 Å². The Morgan fingerprint density at radius 2 is 0.956 bits per heavy atom. The van der Waals surface area contributed by atoms with Crippen molar-refractivity contribution in [3.05, 3.63) is 157 Å². The Hall–Kier alpha value is -5.46. The minimum Gasteiger partial charge on any atom is -0.0616 e. The Kier molecular flexibility index (Phi) is 4.88. The highest BCUT2D eigenvalue weighted by Crippen LogP contribution is 2.55. The zero-order valence-corrected chi connectivity index (χ0v) is 25.4. The Bertz CT molecular complexity index is 2650. The molecule has 0 saturated carbocycles. The third-order valence-electron chi connectivity index (χ3n) is 10.6. The molecule has 0 spiro atoms. The molecule has 1 aliphatic rings. The van der Waals surface area contributed by atoms with Gasteiger partial charge >= 0.3 is 0 Å². The van der Waals surface area contributed by atoms with Gasteiger partial charge in [-0.15, -0.1) is 0 Å². The van der Waals surface area contributed by atoms with E-state index in [1.54, 1.807) is 0 Å². The highest BCUT2D eigenvalue weighted by molar-refractivity contribution is 6.25. The van der Waals surface area contributed by atoms with Crippen LogP contribution in [0.3, 0.4) is 0 Å². The van der Waals surface area contributed by atoms with Gasteiger partial charge in [-0.1, -0.05) is 147 Å². The van der Waals surface area contributed by atoms with E-state index in [2.05, 4.69) is 159 Å². The summed E-state index contributed by atoms with van der Waals surface area (Å²) in [6.45, 7) is 4.81. The van der Waals surface area contributed by atoms with Gasteiger partial charge < -0.3 is 0 Å². The van der Waals surface area contributed by atoms with E-state index in [4.69, 9.17) is 0 Å². The smallest absolute Gasteiger partial charge is 0.0165 e. The van der Waals surface area contributed by atoms with E-state index in [0.717, 1.165) is 0 Å². The minimum atomic E-state index is -0.117. The van der Waals surface area contributed by atoms with Crippen LogP contribution in [0.15, 0.2) is 146 Å². The number of benzene rings is 9. The second-order valence-corrected chi connectivity index (χ2v) is 13.3. The van der Waals surface area contributed by atoms with Crippen LogP contribution < -0.4 is 0 Å². The lowest BCUT2D eigenvalue weighted by Crippen LogP contribution is -2.15. The van der Waals surface area contributed by atoms with Crippen LogP contribution >= 0.6 is 0 Å². The molecule has 210 valence electrons. The Morgan fingerprint density at radius 3 is 1.76 bits per heavy atom. The molecule has 1 aliphatic carbocycles. The minimum absolute atomic E-state index is 0.117. The lowest BCUT2D eigenvalue weighted by atomic mass is 9.78. The first-order chi connectivity index (χ1) is 22.1. The van der Waals surface area contributed by atoms with Gasteiger partial charge in [0.25, 0.3) is 0 Å². The van der Waals surface area contributed by atoms with Gasteiger partial charge in [0.2, 0.25) is 0 Å². The largest absolute Gasteiger partial charge is 0.0616 e. The maximum absolute atomic E-state index is 2.46. The third kappa shape index (κ3) is 3.32. The van der Waals surface area contributed by atoms with Crippen LogP contribution in [0.1, 0.15) is 25.0 Å². The van der Waals surface area contributed by atoms with Crippen molar-refractivity contribution in [3.8, 4) is 33.4 Å². The Balaban J connectivity index is 1.16. The molecular weight excluding hydrogens is 540 g/mol. The number of hydrogen-bond acceptors (Lipinski definition) is 0. The molecule has 0 radical (unpaired) electrons. The van der Waals surface area contributed by atoms with Gasteiger partial charge in [-0.05, 0) is 111 Å². The fourth-order valence-electron chi connectivity index (χ4n) is 8.52. The van der Waals surface area contributed by atoms with Crippen LogP contribution in [0, 0.1) is 0 Å². The van der Waals surface area contributed by atoms with Crippen molar-refractivity contribution in [3.63, 3.8) is 0 Å². The molecule has 9 aromatic rings. The highest BCUT2D eigenvalue weighted by atomic mass is 14.4. The summed E-state index contributed by atoms with van der Waals surface area (Å²) in [7, 11) is 0. The molecular formula is C45H30. The summed E-state index contributed by atoms with van der Waals surface area (Å²) in [5.74, 6) is 0. The summed E-state index contributed by atoms with van der Waals surface area (Å²) in [4.78, 5) is 0. The van der Waals surface area contributed by atoms with Crippen LogP contribution in [0.5, 0.6) is 0 Å². The number of rotatable bonds is 2. The predicted octanol–water partition coefficient (Wildman–Crippen LogP) is 12.5. The monoisotopic (exact) mass is 570 g/mol. The molecule has 10 rings (SSSR count). The van der Waals surface area contributed by atoms with E-state index in [1.165, 1.54) is 98.4 Å². The van der Waals surface area contributed by atoms with Gasteiger partial charge in [-0.3, -0.25) is 0 Å². The van der Waals surface area contributed by atoms with Crippen LogP contribution in [0.4, 0.5) is 0 Å². The lowest BCUT2D eigenvalue weighted by molar-refractivity contribution is 0.667. The van der Waals surface area contributed by atoms with Crippen molar-refractivity contribution >= 4 is 53.9 Å². The molecule has 0 amide bonds. The van der Waals surface area contributed by atoms with Crippen molar-refractivity contribution in [1.29, 1.82) is 0 Å². The average Bonchev–Trinajstić information content (AvgIpc) is 3.33. The van der Waals surface area contributed by atoms with Gasteiger partial charge in [-0.2, -0.15) is 0 Å². The maximum Gasteiger partial charge on any atom is 0.0165 e. The molecule has 9 aromatic carbocycles. The van der Waals surface area contributed by atoms with E-state index in [-0.39, 0.29) is 5.41 Å². The Morgan fingerprint density at radius 1 is 0.378 bits per heavy atom. The molecule has 0 aromatic heterocycles. The van der Waals surface area contributed by atoms with Gasteiger partial charge in [0, 0.05) is 5.41 Å². The molecule has 0 heterocycles. The van der Waals surface area contributed by atoms with Crippen LogP contribution in [-0.4, -0.2) is 0 Å². The van der Waals surface area contributed by atoms with Gasteiger partial charge in [-0.25, -0.2) is 0 Å². The first-order valence-electron chi connectivity index (χ1n) is 15.9. The molecule has 0 bridgehead atoms. The molecule has 0 N–H and O–H groups in total. The number of fused-ring (bicyclic) bond motifs is 8. The van der Waals surface area contributed by atoms with Crippen molar-refractivity contribution < 1.29 is 0 Å². The van der Waals surface area contributed by atoms with E-state index in [9.17, 15) is 0 Å². The van der Waals surface area contributed by atoms with E-state index < -0.39 is 0 Å². The fraction of sp³-hybridized carbons (Fsp3) is 0.0667. The Labute approximate surface area is 262 Å². The van der Waals surface area contributed by atoms with Crippen LogP contribution in [0.25, 0.3) is 87.2 Å². The van der Waals surface area contributed by atoms with Crippen LogP contribution in [-0.2, 0) is 5.41 Å². The topological polar surface area (TPSA) is 0 Å². The molecule has 0 aliphatic heterocycles. The lowest BCUT2D eigenvalue weighted by Gasteiger charge is -2.24. The van der Waals surface area contributed by atoms with Crippen LogP contribution in [0.2, 0.25) is 0 Å². The van der Waals surface area contributed by atoms with Crippen molar-refractivity contribution in [2.75, 3.05) is 0 Å². The third-order valence-corrected chi connectivity index (χ3v) is 10.6. The summed E-state index contributed by atoms with van der Waals surface area (Å²) in [5, 5.41) is 13.3. The second kappa shape index (κ2) is 8.80. The maximum atomic E-state index is 2.46. The average molecular weight is 571 g/mol. The summed E-state index contributed by atoms with van der Waals surface area (Å²) >= 11 is 0. The first kappa shape index (κ1) is 24.9. The quantitative estimate of drug-likeness (QED) is 0.181. The van der Waals surface area contributed by atoms with Gasteiger partial charge in [0.1, 0.15) is 0 Å².